The number of hydrogen-bond donors (Lipinski definition) is 2. The monoisotopic (exact) mass is 616 g/mol. The third-order valence-electron chi connectivity index (χ3n) is 8.47. The van der Waals surface area contributed by atoms with E-state index in [4.69, 9.17) is 14.2 Å². The molecule has 42 heavy (non-hydrogen) atoms. The van der Waals surface area contributed by atoms with Crippen LogP contribution in [0, 0.1) is 0 Å². The van der Waals surface area contributed by atoms with Gasteiger partial charge in [0.1, 0.15) is 23.7 Å². The lowest BCUT2D eigenvalue weighted by Crippen LogP contribution is -2.47. The highest BCUT2D eigenvalue weighted by Crippen LogP contribution is 2.37. The number of benzene rings is 3. The van der Waals surface area contributed by atoms with E-state index in [-0.39, 0.29) is 42.9 Å². The molecule has 0 aliphatic carbocycles. The predicted molar refractivity (Wildman–Crippen MR) is 157 cm³/mol. The lowest BCUT2D eigenvalue weighted by atomic mass is 9.88. The van der Waals surface area contributed by atoms with Crippen LogP contribution in [0.2, 0.25) is 0 Å². The van der Waals surface area contributed by atoms with E-state index >= 15 is 0 Å². The van der Waals surface area contributed by atoms with Gasteiger partial charge in [-0.3, -0.25) is 0 Å². The molecule has 226 valence electrons. The summed E-state index contributed by atoms with van der Waals surface area (Å²) in [4.78, 5) is 0.493. The topological polar surface area (TPSA) is 131 Å². The number of sulfonamides is 1. The number of fused-ring (bicyclic) bond motifs is 1. The van der Waals surface area contributed by atoms with Gasteiger partial charge in [0.25, 0.3) is 0 Å². The zero-order valence-corrected chi connectivity index (χ0v) is 24.9. The zero-order chi connectivity index (χ0) is 29.4. The summed E-state index contributed by atoms with van der Waals surface area (Å²) >= 11 is 0. The van der Waals surface area contributed by atoms with E-state index in [0.29, 0.717) is 43.2 Å². The molecule has 3 fully saturated rings. The molecule has 0 radical (unpaired) electrons. The Morgan fingerprint density at radius 1 is 0.929 bits per heavy atom. The van der Waals surface area contributed by atoms with Crippen LogP contribution < -0.4 is 10.1 Å². The quantitative estimate of drug-likeness (QED) is 0.352. The van der Waals surface area contributed by atoms with Crippen LogP contribution >= 0.6 is 0 Å². The second-order valence-corrected chi connectivity index (χ2v) is 15.5. The van der Waals surface area contributed by atoms with Gasteiger partial charge < -0.3 is 24.6 Å². The first-order valence-electron chi connectivity index (χ1n) is 14.2. The second-order valence-electron chi connectivity index (χ2n) is 11.4. The van der Waals surface area contributed by atoms with Crippen molar-refractivity contribution in [3.05, 3.63) is 66.7 Å². The van der Waals surface area contributed by atoms with E-state index in [1.807, 2.05) is 30.3 Å². The second kappa shape index (κ2) is 11.8. The minimum atomic E-state index is -3.60. The van der Waals surface area contributed by atoms with E-state index in [1.54, 1.807) is 28.6 Å². The fraction of sp³-hybridized carbons (Fsp3) is 0.467. The molecule has 0 bridgehead atoms. The maximum atomic E-state index is 13.4. The van der Waals surface area contributed by atoms with Gasteiger partial charge in [0, 0.05) is 25.7 Å². The van der Waals surface area contributed by atoms with E-state index < -0.39 is 31.2 Å². The molecule has 3 saturated heterocycles. The van der Waals surface area contributed by atoms with Gasteiger partial charge in [-0.25, -0.2) is 16.8 Å². The van der Waals surface area contributed by atoms with Gasteiger partial charge in [-0.05, 0) is 60.4 Å². The van der Waals surface area contributed by atoms with Crippen molar-refractivity contribution >= 4 is 30.6 Å². The van der Waals surface area contributed by atoms with Gasteiger partial charge >= 0.3 is 0 Å². The third-order valence-corrected chi connectivity index (χ3v) is 12.4. The molecule has 3 aromatic rings. The summed E-state index contributed by atoms with van der Waals surface area (Å²) in [5.41, 5.74) is -0.383. The smallest absolute Gasteiger partial charge is 0.243 e. The van der Waals surface area contributed by atoms with Crippen molar-refractivity contribution < 1.29 is 36.2 Å². The molecule has 3 aromatic carbocycles. The largest absolute Gasteiger partial charge is 0.491 e. The highest BCUT2D eigenvalue weighted by Gasteiger charge is 2.44. The maximum absolute atomic E-state index is 13.4. The Balaban J connectivity index is 0.967. The van der Waals surface area contributed by atoms with Crippen molar-refractivity contribution in [2.24, 2.45) is 0 Å². The fourth-order valence-electron chi connectivity index (χ4n) is 5.82. The van der Waals surface area contributed by atoms with Crippen LogP contribution in [0.15, 0.2) is 76.5 Å². The summed E-state index contributed by atoms with van der Waals surface area (Å²) < 4.78 is 70.4. The molecule has 3 aliphatic rings. The van der Waals surface area contributed by atoms with Crippen molar-refractivity contribution in [2.45, 2.75) is 52.1 Å². The summed E-state index contributed by atoms with van der Waals surface area (Å²) in [5, 5.41) is 15.2. The first-order chi connectivity index (χ1) is 20.1. The van der Waals surface area contributed by atoms with E-state index in [0.717, 1.165) is 17.2 Å². The van der Waals surface area contributed by atoms with E-state index in [1.165, 1.54) is 12.1 Å². The Morgan fingerprint density at radius 2 is 1.69 bits per heavy atom. The number of hydrogen-bond acceptors (Lipinski definition) is 9. The van der Waals surface area contributed by atoms with Crippen LogP contribution in [-0.4, -0.2) is 95.3 Å². The summed E-state index contributed by atoms with van der Waals surface area (Å²) in [6.07, 6.45) is 1.14. The maximum Gasteiger partial charge on any atom is 0.243 e. The van der Waals surface area contributed by atoms with Crippen molar-refractivity contribution in [2.75, 3.05) is 46.1 Å². The number of rotatable bonds is 10. The average Bonchev–Trinajstić information content (AvgIpc) is 3.36. The van der Waals surface area contributed by atoms with Crippen molar-refractivity contribution in [3.63, 3.8) is 0 Å². The van der Waals surface area contributed by atoms with Gasteiger partial charge in [-0.15, -0.1) is 0 Å². The zero-order valence-electron chi connectivity index (χ0n) is 23.2. The number of piperidine rings is 1. The number of ether oxygens (including phenoxy) is 3. The SMILES string of the molecule is O=S(=O)(c1cccc(OC[C@@H](O)CNC2COC3(CCN(S(=O)(=O)c4ccc5ccccc5c4)CC3)C2)c1)C1COC1. The minimum absolute atomic E-state index is 0.00333. The van der Waals surface area contributed by atoms with Crippen LogP contribution in [0.5, 0.6) is 5.75 Å². The van der Waals surface area contributed by atoms with Crippen LogP contribution in [0.1, 0.15) is 19.3 Å². The summed E-state index contributed by atoms with van der Waals surface area (Å²) in [7, 11) is -7.06. The van der Waals surface area contributed by atoms with Gasteiger partial charge in [-0.2, -0.15) is 4.31 Å². The Morgan fingerprint density at radius 3 is 2.43 bits per heavy atom. The first-order valence-corrected chi connectivity index (χ1v) is 17.2. The number of nitrogens with zero attached hydrogens (tertiary/aromatic N) is 1. The third kappa shape index (κ3) is 6.07. The van der Waals surface area contributed by atoms with Gasteiger partial charge in [0.05, 0.1) is 35.2 Å². The lowest BCUT2D eigenvalue weighted by molar-refractivity contribution is -0.0312. The van der Waals surface area contributed by atoms with E-state index in [2.05, 4.69) is 5.32 Å². The first kappa shape index (κ1) is 29.5. The molecule has 1 spiro atoms. The number of aliphatic hydroxyl groups is 1. The van der Waals surface area contributed by atoms with Crippen LogP contribution in [0.4, 0.5) is 0 Å². The fourth-order valence-corrected chi connectivity index (χ4v) is 8.78. The number of sulfone groups is 1. The highest BCUT2D eigenvalue weighted by molar-refractivity contribution is 7.92. The molecule has 3 heterocycles. The van der Waals surface area contributed by atoms with Crippen LogP contribution in [-0.2, 0) is 29.3 Å². The normalized spacial score (nSPS) is 22.3. The molecule has 2 N–H and O–H groups in total. The van der Waals surface area contributed by atoms with Gasteiger partial charge in [0.15, 0.2) is 9.84 Å². The molecular formula is C30H36N2O8S2. The lowest BCUT2D eigenvalue weighted by Gasteiger charge is -2.38. The van der Waals surface area contributed by atoms with E-state index in [9.17, 15) is 21.9 Å². The Labute approximate surface area is 246 Å². The summed E-state index contributed by atoms with van der Waals surface area (Å²) in [5.74, 6) is 0.379. The standard InChI is InChI=1S/C30H36N2O8S2/c33-25(19-39-26-6-3-7-27(15-26)41(34,35)29-20-38-21-29)17-31-24-16-30(40-18-24)10-12-32(13-11-30)42(36,37)28-9-8-22-4-1-2-5-23(22)14-28/h1-9,14-15,24-25,29,31,33H,10-13,16-21H2/t24?,25-/m0/s1. The van der Waals surface area contributed by atoms with Crippen molar-refractivity contribution in [1.82, 2.24) is 9.62 Å². The van der Waals surface area contributed by atoms with Gasteiger partial charge in [0.2, 0.25) is 10.0 Å². The predicted octanol–water partition coefficient (Wildman–Crippen LogP) is 2.35. The molecule has 10 nitrogen and oxygen atoms in total. The Bertz CT molecular complexity index is 1630. The highest BCUT2D eigenvalue weighted by atomic mass is 32.2. The van der Waals surface area contributed by atoms with Crippen molar-refractivity contribution in [1.29, 1.82) is 0 Å². The molecular weight excluding hydrogens is 580 g/mol. The Kier molecular flexibility index (Phi) is 8.31. The van der Waals surface area contributed by atoms with Crippen molar-refractivity contribution in [3.8, 4) is 5.75 Å². The molecule has 0 amide bonds. The molecule has 1 unspecified atom stereocenters. The molecule has 0 saturated carbocycles. The molecule has 0 aromatic heterocycles. The molecule has 2 atom stereocenters. The Hall–Kier alpha value is -2.58. The molecule has 6 rings (SSSR count). The number of nitrogens with one attached hydrogen (secondary N) is 1. The average molecular weight is 617 g/mol. The molecule has 3 aliphatic heterocycles. The minimum Gasteiger partial charge on any atom is -0.491 e. The number of aliphatic hydroxyl groups excluding tert-OH is 1. The summed E-state index contributed by atoms with van der Waals surface area (Å²) in [6, 6.07) is 19.3. The van der Waals surface area contributed by atoms with Gasteiger partial charge in [-0.1, -0.05) is 36.4 Å². The van der Waals surface area contributed by atoms with Crippen LogP contribution in [0.3, 0.4) is 0 Å². The molecule has 12 heteroatoms. The van der Waals surface area contributed by atoms with Crippen LogP contribution in [0.25, 0.3) is 10.8 Å². The summed E-state index contributed by atoms with van der Waals surface area (Å²) in [6.45, 7) is 1.95.